The molecule has 10 heteroatoms. The number of likely N-dealkylation sites (tertiary alicyclic amines) is 1. The largest absolute Gasteiger partial charge is 0.355 e. The summed E-state index contributed by atoms with van der Waals surface area (Å²) >= 11 is 6.39. The highest BCUT2D eigenvalue weighted by atomic mass is 35.5. The van der Waals surface area contributed by atoms with Crippen LogP contribution in [0.4, 0.5) is 5.82 Å². The summed E-state index contributed by atoms with van der Waals surface area (Å²) in [5.74, 6) is 0.833. The van der Waals surface area contributed by atoms with Crippen molar-refractivity contribution in [3.05, 3.63) is 40.4 Å². The predicted octanol–water partition coefficient (Wildman–Crippen LogP) is 3.20. The summed E-state index contributed by atoms with van der Waals surface area (Å²) in [4.78, 5) is 22.5. The third-order valence-electron chi connectivity index (χ3n) is 6.63. The molecule has 33 heavy (non-hydrogen) atoms. The van der Waals surface area contributed by atoms with E-state index < -0.39 is 0 Å². The Hall–Kier alpha value is -2.65. The Morgan fingerprint density at radius 3 is 2.82 bits per heavy atom. The lowest BCUT2D eigenvalue weighted by molar-refractivity contribution is 0.0598. The second-order valence-electron chi connectivity index (χ2n) is 9.21. The quantitative estimate of drug-likeness (QED) is 0.615. The molecule has 2 N–H and O–H groups in total. The number of anilines is 1. The van der Waals surface area contributed by atoms with E-state index in [0.29, 0.717) is 17.3 Å². The third-order valence-corrected chi connectivity index (χ3v) is 6.90. The highest BCUT2D eigenvalue weighted by molar-refractivity contribution is 6.33. The molecule has 0 bridgehead atoms. The van der Waals surface area contributed by atoms with E-state index in [4.69, 9.17) is 27.4 Å². The third kappa shape index (κ3) is 4.19. The normalized spacial score (nSPS) is 21.3. The lowest BCUT2D eigenvalue weighted by Gasteiger charge is -2.34. The standard InChI is InChI=1S/C23H31ClN8O/c1-3-8-30-14-17(24)21(28-30)23(33)31-9-5-4-6-19(31)18-11-20-26-22(15(2)12-32(20)27-18)29-10-7-16(25)13-29/h11-12,14,16,19H,3-10,13,25H2,1-2H3. The van der Waals surface area contributed by atoms with E-state index in [1.807, 2.05) is 21.7 Å². The van der Waals surface area contributed by atoms with Crippen molar-refractivity contribution in [2.24, 2.45) is 5.73 Å². The Labute approximate surface area is 198 Å². The summed E-state index contributed by atoms with van der Waals surface area (Å²) in [5, 5.41) is 9.68. The van der Waals surface area contributed by atoms with Crippen LogP contribution in [0.2, 0.25) is 5.02 Å². The summed E-state index contributed by atoms with van der Waals surface area (Å²) in [5.41, 5.74) is 9.14. The molecule has 2 fully saturated rings. The smallest absolute Gasteiger partial charge is 0.276 e. The number of aromatic nitrogens is 5. The Morgan fingerprint density at radius 2 is 2.06 bits per heavy atom. The molecule has 0 saturated carbocycles. The topological polar surface area (TPSA) is 97.6 Å². The van der Waals surface area contributed by atoms with Crippen molar-refractivity contribution in [1.82, 2.24) is 29.3 Å². The van der Waals surface area contributed by atoms with Crippen molar-refractivity contribution in [2.45, 2.75) is 64.6 Å². The number of aryl methyl sites for hydroxylation is 2. The zero-order valence-corrected chi connectivity index (χ0v) is 20.0. The van der Waals surface area contributed by atoms with Crippen LogP contribution in [0.3, 0.4) is 0 Å². The van der Waals surface area contributed by atoms with Gasteiger partial charge in [0.15, 0.2) is 11.3 Å². The molecular weight excluding hydrogens is 440 g/mol. The van der Waals surface area contributed by atoms with Gasteiger partial charge in [-0.05, 0) is 39.0 Å². The van der Waals surface area contributed by atoms with Crippen LogP contribution in [0, 0.1) is 6.92 Å². The molecule has 9 nitrogen and oxygen atoms in total. The molecule has 0 spiro atoms. The van der Waals surface area contributed by atoms with Gasteiger partial charge in [-0.3, -0.25) is 9.48 Å². The number of fused-ring (bicyclic) bond motifs is 1. The monoisotopic (exact) mass is 470 g/mol. The van der Waals surface area contributed by atoms with Gasteiger partial charge in [0.05, 0.1) is 16.8 Å². The maximum Gasteiger partial charge on any atom is 0.276 e. The van der Waals surface area contributed by atoms with Gasteiger partial charge >= 0.3 is 0 Å². The first-order chi connectivity index (χ1) is 15.9. The van der Waals surface area contributed by atoms with Crippen LogP contribution in [-0.4, -0.2) is 60.9 Å². The molecule has 2 unspecified atom stereocenters. The van der Waals surface area contributed by atoms with Crippen molar-refractivity contribution in [3.8, 4) is 0 Å². The summed E-state index contributed by atoms with van der Waals surface area (Å²) < 4.78 is 3.57. The molecule has 5 heterocycles. The molecule has 0 aliphatic carbocycles. The van der Waals surface area contributed by atoms with E-state index >= 15 is 0 Å². The number of nitrogens with two attached hydrogens (primary N) is 1. The van der Waals surface area contributed by atoms with Gasteiger partial charge in [0.2, 0.25) is 0 Å². The Morgan fingerprint density at radius 1 is 1.21 bits per heavy atom. The van der Waals surface area contributed by atoms with Gasteiger partial charge in [-0.25, -0.2) is 9.50 Å². The lowest BCUT2D eigenvalue weighted by Crippen LogP contribution is -2.39. The highest BCUT2D eigenvalue weighted by Crippen LogP contribution is 2.33. The fourth-order valence-electron chi connectivity index (χ4n) is 4.99. The van der Waals surface area contributed by atoms with Gasteiger partial charge < -0.3 is 15.5 Å². The van der Waals surface area contributed by atoms with Crippen LogP contribution in [0.15, 0.2) is 18.5 Å². The molecule has 2 atom stereocenters. The van der Waals surface area contributed by atoms with Crippen molar-refractivity contribution < 1.29 is 4.79 Å². The maximum atomic E-state index is 13.4. The van der Waals surface area contributed by atoms with Crippen molar-refractivity contribution in [3.63, 3.8) is 0 Å². The summed E-state index contributed by atoms with van der Waals surface area (Å²) in [6, 6.07) is 2.08. The van der Waals surface area contributed by atoms with Crippen LogP contribution in [-0.2, 0) is 6.54 Å². The first-order valence-corrected chi connectivity index (χ1v) is 12.2. The van der Waals surface area contributed by atoms with Crippen LogP contribution >= 0.6 is 11.6 Å². The van der Waals surface area contributed by atoms with E-state index in [2.05, 4.69) is 23.8 Å². The van der Waals surface area contributed by atoms with E-state index in [1.165, 1.54) is 0 Å². The van der Waals surface area contributed by atoms with Crippen molar-refractivity contribution >= 4 is 29.0 Å². The van der Waals surface area contributed by atoms with Gasteiger partial charge in [0.1, 0.15) is 5.82 Å². The molecule has 2 saturated heterocycles. The molecule has 0 radical (unpaired) electrons. The Kier molecular flexibility index (Phi) is 6.01. The molecular formula is C23H31ClN8O. The molecule has 2 aliphatic heterocycles. The van der Waals surface area contributed by atoms with E-state index in [1.54, 1.807) is 10.9 Å². The number of carbonyl (C=O) groups is 1. The molecule has 176 valence electrons. The number of piperidine rings is 1. The zero-order chi connectivity index (χ0) is 23.1. The van der Waals surface area contributed by atoms with Crippen LogP contribution in [0.5, 0.6) is 0 Å². The number of hydrogen-bond acceptors (Lipinski definition) is 6. The summed E-state index contributed by atoms with van der Waals surface area (Å²) in [6.07, 6.45) is 8.52. The van der Waals surface area contributed by atoms with Crippen molar-refractivity contribution in [1.29, 1.82) is 0 Å². The highest BCUT2D eigenvalue weighted by Gasteiger charge is 2.33. The fraction of sp³-hybridized carbons (Fsp3) is 0.565. The second kappa shape index (κ2) is 8.95. The molecule has 3 aromatic heterocycles. The van der Waals surface area contributed by atoms with Gasteiger partial charge in [-0.15, -0.1) is 0 Å². The number of nitrogens with zero attached hydrogens (tertiary/aromatic N) is 7. The second-order valence-corrected chi connectivity index (χ2v) is 9.62. The maximum absolute atomic E-state index is 13.4. The number of hydrogen-bond donors (Lipinski definition) is 1. The minimum absolute atomic E-state index is 0.121. The predicted molar refractivity (Wildman–Crippen MR) is 128 cm³/mol. The van der Waals surface area contributed by atoms with E-state index in [0.717, 1.165) is 74.5 Å². The SMILES string of the molecule is CCCn1cc(Cl)c(C(=O)N2CCCCC2c2cc3nc(N4CCC(N)C4)c(C)cn3n2)n1. The van der Waals surface area contributed by atoms with Crippen LogP contribution in [0.25, 0.3) is 5.65 Å². The number of halogens is 1. The van der Waals surface area contributed by atoms with Crippen LogP contribution in [0.1, 0.15) is 66.8 Å². The molecule has 2 aliphatic rings. The van der Waals surface area contributed by atoms with Crippen molar-refractivity contribution in [2.75, 3.05) is 24.5 Å². The Balaban J connectivity index is 1.45. The zero-order valence-electron chi connectivity index (χ0n) is 19.2. The first kappa shape index (κ1) is 22.2. The Bertz CT molecular complexity index is 1170. The molecule has 5 rings (SSSR count). The molecule has 0 aromatic carbocycles. The van der Waals surface area contributed by atoms with Gasteiger partial charge in [-0.1, -0.05) is 18.5 Å². The fourth-order valence-corrected chi connectivity index (χ4v) is 5.22. The minimum Gasteiger partial charge on any atom is -0.355 e. The average molecular weight is 471 g/mol. The van der Waals surface area contributed by atoms with Gasteiger partial charge in [0.25, 0.3) is 5.91 Å². The first-order valence-electron chi connectivity index (χ1n) is 11.9. The van der Waals surface area contributed by atoms with E-state index in [9.17, 15) is 4.79 Å². The van der Waals surface area contributed by atoms with Gasteiger partial charge in [0, 0.05) is 56.2 Å². The summed E-state index contributed by atoms with van der Waals surface area (Å²) in [7, 11) is 0. The van der Waals surface area contributed by atoms with Gasteiger partial charge in [-0.2, -0.15) is 10.2 Å². The number of rotatable bonds is 5. The number of amides is 1. The lowest BCUT2D eigenvalue weighted by atomic mass is 9.99. The molecule has 3 aromatic rings. The van der Waals surface area contributed by atoms with E-state index in [-0.39, 0.29) is 18.0 Å². The summed E-state index contributed by atoms with van der Waals surface area (Å²) in [6.45, 7) is 7.26. The number of carbonyl (C=O) groups excluding carboxylic acids is 1. The average Bonchev–Trinajstić information content (AvgIpc) is 3.51. The van der Waals surface area contributed by atoms with Crippen LogP contribution < -0.4 is 10.6 Å². The minimum atomic E-state index is -0.132. The molecule has 1 amide bonds.